The first kappa shape index (κ1) is 14.1. The van der Waals surface area contributed by atoms with Gasteiger partial charge in [-0.3, -0.25) is 4.79 Å². The molecule has 0 heterocycles. The summed E-state index contributed by atoms with van der Waals surface area (Å²) in [5.41, 5.74) is 1.29. The number of aryl methyl sites for hydroxylation is 1. The average Bonchev–Trinajstić information content (AvgIpc) is 2.38. The number of hydrogen-bond donors (Lipinski definition) is 1. The van der Waals surface area contributed by atoms with Gasteiger partial charge in [0.1, 0.15) is 0 Å². The highest BCUT2D eigenvalue weighted by molar-refractivity contribution is 5.75. The largest absolute Gasteiger partial charge is 0.393 e. The van der Waals surface area contributed by atoms with Crippen LogP contribution in [-0.4, -0.2) is 35.6 Å². The van der Waals surface area contributed by atoms with Crippen molar-refractivity contribution in [3.8, 4) is 0 Å². The lowest BCUT2D eigenvalue weighted by Gasteiger charge is -2.34. The minimum absolute atomic E-state index is 0.133. The van der Waals surface area contributed by atoms with E-state index in [4.69, 9.17) is 0 Å². The molecule has 104 valence electrons. The summed E-state index contributed by atoms with van der Waals surface area (Å²) in [4.78, 5) is 13.8. The Labute approximate surface area is 115 Å². The number of hydrogen-bond acceptors (Lipinski definition) is 2. The Bertz CT molecular complexity index is 398. The zero-order valence-electron chi connectivity index (χ0n) is 11.6. The van der Waals surface area contributed by atoms with Crippen molar-refractivity contribution in [3.63, 3.8) is 0 Å². The molecular formula is C16H23NO2. The number of aliphatic hydroxyl groups is 1. The molecule has 0 bridgehead atoms. The second-order valence-electron chi connectivity index (χ2n) is 5.60. The van der Waals surface area contributed by atoms with E-state index < -0.39 is 0 Å². The molecule has 0 aliphatic heterocycles. The van der Waals surface area contributed by atoms with Crippen LogP contribution in [0.4, 0.5) is 0 Å². The quantitative estimate of drug-likeness (QED) is 0.853. The molecular weight excluding hydrogens is 238 g/mol. The Morgan fingerprint density at radius 3 is 2.63 bits per heavy atom. The van der Waals surface area contributed by atoms with Gasteiger partial charge >= 0.3 is 0 Å². The lowest BCUT2D eigenvalue weighted by atomic mass is 9.82. The topological polar surface area (TPSA) is 40.5 Å². The summed E-state index contributed by atoms with van der Waals surface area (Å²) in [6.07, 6.45) is 4.04. The van der Waals surface area contributed by atoms with Crippen LogP contribution in [0.1, 0.15) is 31.2 Å². The molecule has 3 heteroatoms. The first-order valence-corrected chi connectivity index (χ1v) is 7.11. The minimum Gasteiger partial charge on any atom is -0.393 e. The van der Waals surface area contributed by atoms with Crippen molar-refractivity contribution in [2.75, 3.05) is 13.6 Å². The molecule has 2 rings (SSSR count). The number of aliphatic hydroxyl groups excluding tert-OH is 1. The molecule has 0 atom stereocenters. The van der Waals surface area contributed by atoms with Crippen molar-refractivity contribution in [2.24, 2.45) is 5.92 Å². The third-order valence-corrected chi connectivity index (χ3v) is 3.87. The second kappa shape index (κ2) is 6.71. The van der Waals surface area contributed by atoms with Crippen LogP contribution >= 0.6 is 0 Å². The highest BCUT2D eigenvalue weighted by atomic mass is 16.3. The van der Waals surface area contributed by atoms with Gasteiger partial charge in [-0.2, -0.15) is 0 Å². The molecule has 1 aliphatic rings. The van der Waals surface area contributed by atoms with Crippen molar-refractivity contribution >= 4 is 5.91 Å². The van der Waals surface area contributed by atoms with Crippen LogP contribution in [-0.2, 0) is 11.2 Å². The highest BCUT2D eigenvalue weighted by Crippen LogP contribution is 2.27. The molecule has 3 nitrogen and oxygen atoms in total. The Kier molecular flexibility index (Phi) is 4.97. The van der Waals surface area contributed by atoms with E-state index in [0.717, 1.165) is 32.2 Å². The van der Waals surface area contributed by atoms with Gasteiger partial charge in [0, 0.05) is 20.0 Å². The number of carbonyl (C=O) groups is 1. The number of rotatable bonds is 6. The maximum absolute atomic E-state index is 12.0. The van der Waals surface area contributed by atoms with Crippen LogP contribution in [0.15, 0.2) is 30.3 Å². The molecule has 0 unspecified atom stereocenters. The van der Waals surface area contributed by atoms with Crippen LogP contribution in [0.5, 0.6) is 0 Å². The zero-order valence-corrected chi connectivity index (χ0v) is 11.6. The maximum atomic E-state index is 12.0. The van der Waals surface area contributed by atoms with Crippen LogP contribution in [0.2, 0.25) is 0 Å². The molecule has 0 aromatic heterocycles. The number of benzene rings is 1. The van der Waals surface area contributed by atoms with Crippen molar-refractivity contribution in [1.82, 2.24) is 4.90 Å². The van der Waals surface area contributed by atoms with Crippen LogP contribution < -0.4 is 0 Å². The van der Waals surface area contributed by atoms with Crippen LogP contribution in [0, 0.1) is 5.92 Å². The van der Waals surface area contributed by atoms with E-state index >= 15 is 0 Å². The highest BCUT2D eigenvalue weighted by Gasteiger charge is 2.28. The molecule has 1 N–H and O–H groups in total. The van der Waals surface area contributed by atoms with Gasteiger partial charge in [0.05, 0.1) is 6.10 Å². The smallest absolute Gasteiger partial charge is 0.222 e. The van der Waals surface area contributed by atoms with E-state index in [1.165, 1.54) is 5.56 Å². The van der Waals surface area contributed by atoms with Crippen molar-refractivity contribution in [1.29, 1.82) is 0 Å². The summed E-state index contributed by atoms with van der Waals surface area (Å²) in [5, 5.41) is 9.23. The monoisotopic (exact) mass is 261 g/mol. The normalized spacial score (nSPS) is 21.8. The fraction of sp³-hybridized carbons (Fsp3) is 0.562. The van der Waals surface area contributed by atoms with E-state index in [0.29, 0.717) is 12.3 Å². The van der Waals surface area contributed by atoms with Crippen LogP contribution in [0.25, 0.3) is 0 Å². The third-order valence-electron chi connectivity index (χ3n) is 3.87. The van der Waals surface area contributed by atoms with Gasteiger partial charge in [0.15, 0.2) is 0 Å². The van der Waals surface area contributed by atoms with E-state index in [9.17, 15) is 9.90 Å². The number of carbonyl (C=O) groups excluding carboxylic acids is 1. The predicted molar refractivity (Wildman–Crippen MR) is 75.7 cm³/mol. The molecule has 1 aromatic carbocycles. The molecule has 1 aliphatic carbocycles. The Hall–Kier alpha value is -1.35. The lowest BCUT2D eigenvalue weighted by Crippen LogP contribution is -2.39. The standard InChI is InChI=1S/C16H23NO2/c1-17(12-14-10-15(18)11-14)16(19)9-5-8-13-6-3-2-4-7-13/h2-4,6-7,14-15,18H,5,8-12H2,1H3. The van der Waals surface area contributed by atoms with Crippen molar-refractivity contribution in [2.45, 2.75) is 38.2 Å². The zero-order chi connectivity index (χ0) is 13.7. The van der Waals surface area contributed by atoms with Crippen LogP contribution in [0.3, 0.4) is 0 Å². The molecule has 0 spiro atoms. The molecule has 0 radical (unpaired) electrons. The van der Waals surface area contributed by atoms with E-state index in [2.05, 4.69) is 12.1 Å². The first-order chi connectivity index (χ1) is 9.15. The van der Waals surface area contributed by atoms with Crippen molar-refractivity contribution < 1.29 is 9.90 Å². The Balaban J connectivity index is 1.63. The summed E-state index contributed by atoms with van der Waals surface area (Å²) in [5.74, 6) is 0.718. The molecule has 19 heavy (non-hydrogen) atoms. The fourth-order valence-corrected chi connectivity index (χ4v) is 2.62. The molecule has 1 fully saturated rings. The Morgan fingerprint density at radius 1 is 1.32 bits per heavy atom. The van der Waals surface area contributed by atoms with E-state index in [1.807, 2.05) is 30.1 Å². The first-order valence-electron chi connectivity index (χ1n) is 7.11. The van der Waals surface area contributed by atoms with Crippen molar-refractivity contribution in [3.05, 3.63) is 35.9 Å². The second-order valence-corrected chi connectivity index (χ2v) is 5.60. The maximum Gasteiger partial charge on any atom is 0.222 e. The van der Waals surface area contributed by atoms with Gasteiger partial charge in [0.2, 0.25) is 5.91 Å². The third kappa shape index (κ3) is 4.35. The van der Waals surface area contributed by atoms with Gasteiger partial charge in [0.25, 0.3) is 0 Å². The number of amides is 1. The number of nitrogens with zero attached hydrogens (tertiary/aromatic N) is 1. The predicted octanol–water partition coefficient (Wildman–Crippen LogP) is 2.24. The summed E-state index contributed by atoms with van der Waals surface area (Å²) < 4.78 is 0. The van der Waals surface area contributed by atoms with E-state index in [-0.39, 0.29) is 12.0 Å². The van der Waals surface area contributed by atoms with Gasteiger partial charge in [-0.25, -0.2) is 0 Å². The van der Waals surface area contributed by atoms with Gasteiger partial charge < -0.3 is 10.0 Å². The molecule has 1 saturated carbocycles. The SMILES string of the molecule is CN(CC1CC(O)C1)C(=O)CCCc1ccccc1. The average molecular weight is 261 g/mol. The van der Waals surface area contributed by atoms with E-state index in [1.54, 1.807) is 0 Å². The molecule has 1 amide bonds. The lowest BCUT2D eigenvalue weighted by molar-refractivity contribution is -0.131. The molecule has 1 aromatic rings. The molecule has 0 saturated heterocycles. The Morgan fingerprint density at radius 2 is 2.00 bits per heavy atom. The van der Waals surface area contributed by atoms with Gasteiger partial charge in [-0.05, 0) is 37.2 Å². The van der Waals surface area contributed by atoms with Gasteiger partial charge in [-0.1, -0.05) is 30.3 Å². The summed E-state index contributed by atoms with van der Waals surface area (Å²) in [6, 6.07) is 10.3. The minimum atomic E-state index is -0.133. The van der Waals surface area contributed by atoms with Gasteiger partial charge in [-0.15, -0.1) is 0 Å². The summed E-state index contributed by atoms with van der Waals surface area (Å²) in [7, 11) is 1.87. The fourth-order valence-electron chi connectivity index (χ4n) is 2.62. The summed E-state index contributed by atoms with van der Waals surface area (Å²) >= 11 is 0. The summed E-state index contributed by atoms with van der Waals surface area (Å²) in [6.45, 7) is 0.793.